The smallest absolute Gasteiger partial charge is 0.258 e. The van der Waals surface area contributed by atoms with Crippen molar-refractivity contribution in [3.8, 4) is 0 Å². The number of likely N-dealkylation sites (N-methyl/N-ethyl adjacent to an activating group) is 1. The SMILES string of the molecule is C[C@H](O)[C@H](O)C1=NC2C(=O)N(C)C(N)=NC2N=C1. The Morgan fingerprint density at radius 1 is 1.44 bits per heavy atom. The van der Waals surface area contributed by atoms with Crippen molar-refractivity contribution < 1.29 is 15.0 Å². The zero-order chi connectivity index (χ0) is 13.4. The summed E-state index contributed by atoms with van der Waals surface area (Å²) in [5.74, 6) is -0.243. The highest BCUT2D eigenvalue weighted by molar-refractivity contribution is 6.33. The summed E-state index contributed by atoms with van der Waals surface area (Å²) in [4.78, 5) is 25.3. The summed E-state index contributed by atoms with van der Waals surface area (Å²) in [5, 5.41) is 19.0. The number of aliphatic imine (C=N–C) groups is 3. The fourth-order valence-corrected chi connectivity index (χ4v) is 1.71. The van der Waals surface area contributed by atoms with Crippen LogP contribution in [0, 0.1) is 0 Å². The molecule has 0 aromatic rings. The molecule has 0 aliphatic carbocycles. The molecular weight excluding hydrogens is 238 g/mol. The number of aliphatic hydroxyl groups excluding tert-OH is 2. The minimum Gasteiger partial charge on any atom is -0.390 e. The molecule has 18 heavy (non-hydrogen) atoms. The zero-order valence-corrected chi connectivity index (χ0v) is 10.1. The lowest BCUT2D eigenvalue weighted by Crippen LogP contribution is -2.54. The summed E-state index contributed by atoms with van der Waals surface area (Å²) in [6.45, 7) is 1.43. The summed E-state index contributed by atoms with van der Waals surface area (Å²) in [6.07, 6.45) is -1.53. The number of carbonyl (C=O) groups is 1. The molecule has 0 saturated heterocycles. The molecular formula is C10H15N5O3. The second-order valence-corrected chi connectivity index (χ2v) is 4.26. The van der Waals surface area contributed by atoms with Gasteiger partial charge in [0.2, 0.25) is 0 Å². The summed E-state index contributed by atoms with van der Waals surface area (Å²) < 4.78 is 0. The Balaban J connectivity index is 2.30. The molecule has 0 spiro atoms. The maximum Gasteiger partial charge on any atom is 0.258 e. The van der Waals surface area contributed by atoms with Gasteiger partial charge in [-0.05, 0) is 6.92 Å². The highest BCUT2D eigenvalue weighted by Gasteiger charge is 2.38. The first-order valence-corrected chi connectivity index (χ1v) is 5.49. The monoisotopic (exact) mass is 253 g/mol. The highest BCUT2D eigenvalue weighted by Crippen LogP contribution is 2.18. The number of rotatable bonds is 2. The number of nitrogens with two attached hydrogens (primary N) is 1. The molecule has 2 heterocycles. The topological polar surface area (TPSA) is 124 Å². The fraction of sp³-hybridized carbons (Fsp3) is 0.600. The Bertz CT molecular complexity index is 456. The molecule has 2 aliphatic heterocycles. The molecule has 0 aromatic heterocycles. The van der Waals surface area contributed by atoms with Crippen LogP contribution in [-0.2, 0) is 4.79 Å². The van der Waals surface area contributed by atoms with Crippen LogP contribution in [0.3, 0.4) is 0 Å². The number of hydrogen-bond acceptors (Lipinski definition) is 7. The standard InChI is InChI=1S/C10H15N5O3/c1-4(16)7(17)5-3-12-8-6(13-5)9(18)15(2)10(11)14-8/h3-4,6-8,16-17H,1-2H3,(H2,11,14)/t4-,6?,7-,8?/m0/s1. The van der Waals surface area contributed by atoms with E-state index in [0.29, 0.717) is 0 Å². The molecule has 0 bridgehead atoms. The van der Waals surface area contributed by atoms with Gasteiger partial charge in [-0.25, -0.2) is 4.99 Å². The predicted octanol–water partition coefficient (Wildman–Crippen LogP) is -2.27. The second-order valence-electron chi connectivity index (χ2n) is 4.26. The summed E-state index contributed by atoms with van der Waals surface area (Å²) in [6, 6.07) is -0.823. The van der Waals surface area contributed by atoms with Crippen LogP contribution in [0.2, 0.25) is 0 Å². The molecule has 98 valence electrons. The number of amides is 1. The average molecular weight is 253 g/mol. The molecule has 0 aromatic carbocycles. The minimum absolute atomic E-state index is 0.0909. The summed E-state index contributed by atoms with van der Waals surface area (Å²) >= 11 is 0. The van der Waals surface area contributed by atoms with Crippen LogP contribution >= 0.6 is 0 Å². The van der Waals surface area contributed by atoms with Gasteiger partial charge in [-0.3, -0.25) is 19.7 Å². The second kappa shape index (κ2) is 4.46. The molecule has 2 unspecified atom stereocenters. The van der Waals surface area contributed by atoms with Crippen molar-refractivity contribution in [3.05, 3.63) is 0 Å². The normalized spacial score (nSPS) is 30.4. The maximum absolute atomic E-state index is 11.9. The van der Waals surface area contributed by atoms with E-state index in [1.807, 2.05) is 0 Å². The number of aliphatic hydroxyl groups is 2. The van der Waals surface area contributed by atoms with Crippen molar-refractivity contribution in [2.45, 2.75) is 31.3 Å². The van der Waals surface area contributed by atoms with Crippen LogP contribution in [0.4, 0.5) is 0 Å². The highest BCUT2D eigenvalue weighted by atomic mass is 16.3. The van der Waals surface area contributed by atoms with E-state index in [1.54, 1.807) is 0 Å². The molecule has 1 amide bonds. The van der Waals surface area contributed by atoms with Gasteiger partial charge in [-0.15, -0.1) is 0 Å². The van der Waals surface area contributed by atoms with E-state index in [2.05, 4.69) is 15.0 Å². The van der Waals surface area contributed by atoms with Gasteiger partial charge in [0, 0.05) is 13.3 Å². The van der Waals surface area contributed by atoms with Crippen LogP contribution in [0.15, 0.2) is 15.0 Å². The predicted molar refractivity (Wildman–Crippen MR) is 65.6 cm³/mol. The van der Waals surface area contributed by atoms with Gasteiger partial charge in [-0.1, -0.05) is 0 Å². The lowest BCUT2D eigenvalue weighted by Gasteiger charge is -2.31. The molecule has 2 aliphatic rings. The Kier molecular flexibility index (Phi) is 3.14. The first-order chi connectivity index (χ1) is 8.41. The van der Waals surface area contributed by atoms with Crippen molar-refractivity contribution in [2.75, 3.05) is 7.05 Å². The van der Waals surface area contributed by atoms with E-state index >= 15 is 0 Å². The maximum atomic E-state index is 11.9. The van der Waals surface area contributed by atoms with Gasteiger partial charge >= 0.3 is 0 Å². The van der Waals surface area contributed by atoms with E-state index in [1.165, 1.54) is 25.1 Å². The third-order valence-corrected chi connectivity index (χ3v) is 2.88. The Morgan fingerprint density at radius 2 is 2.11 bits per heavy atom. The van der Waals surface area contributed by atoms with Gasteiger partial charge in [-0.2, -0.15) is 0 Å². The Morgan fingerprint density at radius 3 is 2.72 bits per heavy atom. The third-order valence-electron chi connectivity index (χ3n) is 2.88. The van der Waals surface area contributed by atoms with E-state index in [0.717, 1.165) is 0 Å². The van der Waals surface area contributed by atoms with Gasteiger partial charge in [0.1, 0.15) is 6.10 Å². The van der Waals surface area contributed by atoms with Gasteiger partial charge in [0.25, 0.3) is 5.91 Å². The van der Waals surface area contributed by atoms with Crippen LogP contribution in [0.25, 0.3) is 0 Å². The number of carbonyl (C=O) groups excluding carboxylic acids is 1. The molecule has 0 saturated carbocycles. The molecule has 8 heteroatoms. The summed E-state index contributed by atoms with van der Waals surface area (Å²) in [5.41, 5.74) is 5.73. The largest absolute Gasteiger partial charge is 0.390 e. The van der Waals surface area contributed by atoms with Crippen LogP contribution in [-0.4, -0.2) is 70.4 Å². The Labute approximate surface area is 104 Å². The molecule has 0 radical (unpaired) electrons. The quantitative estimate of drug-likeness (QED) is 0.513. The van der Waals surface area contributed by atoms with Gasteiger partial charge < -0.3 is 15.9 Å². The van der Waals surface area contributed by atoms with Crippen molar-refractivity contribution in [1.29, 1.82) is 0 Å². The van der Waals surface area contributed by atoms with Crippen LogP contribution in [0.5, 0.6) is 0 Å². The van der Waals surface area contributed by atoms with E-state index in [-0.39, 0.29) is 17.6 Å². The average Bonchev–Trinajstić information content (AvgIpc) is 2.35. The number of guanidine groups is 1. The fourth-order valence-electron chi connectivity index (χ4n) is 1.71. The minimum atomic E-state index is -1.17. The molecule has 8 nitrogen and oxygen atoms in total. The van der Waals surface area contributed by atoms with Crippen molar-refractivity contribution in [1.82, 2.24) is 4.90 Å². The zero-order valence-electron chi connectivity index (χ0n) is 10.1. The first-order valence-electron chi connectivity index (χ1n) is 5.49. The number of hydrogen-bond donors (Lipinski definition) is 3. The lowest BCUT2D eigenvalue weighted by atomic mass is 10.1. The number of fused-ring (bicyclic) bond motifs is 1. The van der Waals surface area contributed by atoms with Crippen LogP contribution in [0.1, 0.15) is 6.92 Å². The lowest BCUT2D eigenvalue weighted by molar-refractivity contribution is -0.128. The van der Waals surface area contributed by atoms with Crippen LogP contribution < -0.4 is 5.73 Å². The van der Waals surface area contributed by atoms with Gasteiger partial charge in [0.15, 0.2) is 18.2 Å². The Hall–Kier alpha value is -1.80. The third kappa shape index (κ3) is 2.00. The van der Waals surface area contributed by atoms with Crippen molar-refractivity contribution >= 4 is 23.8 Å². The summed E-state index contributed by atoms with van der Waals surface area (Å²) in [7, 11) is 1.50. The molecule has 0 fully saturated rings. The number of nitrogens with zero attached hydrogens (tertiary/aromatic N) is 4. The van der Waals surface area contributed by atoms with Crippen molar-refractivity contribution in [3.63, 3.8) is 0 Å². The molecule has 4 atom stereocenters. The van der Waals surface area contributed by atoms with E-state index < -0.39 is 24.4 Å². The van der Waals surface area contributed by atoms with Gasteiger partial charge in [0.05, 0.1) is 11.8 Å². The van der Waals surface area contributed by atoms with Crippen molar-refractivity contribution in [2.24, 2.45) is 20.7 Å². The molecule has 2 rings (SSSR count). The van der Waals surface area contributed by atoms with E-state index in [9.17, 15) is 15.0 Å². The van der Waals surface area contributed by atoms with E-state index in [4.69, 9.17) is 5.73 Å². The molecule has 4 N–H and O–H groups in total. The first kappa shape index (κ1) is 12.7.